The molecule has 0 radical (unpaired) electrons. The van der Waals surface area contributed by atoms with Crippen molar-refractivity contribution >= 4 is 29.8 Å². The summed E-state index contributed by atoms with van der Waals surface area (Å²) in [6.45, 7) is 1.76. The highest BCUT2D eigenvalue weighted by Crippen LogP contribution is 2.12. The summed E-state index contributed by atoms with van der Waals surface area (Å²) in [6.07, 6.45) is 0.509. The largest absolute Gasteiger partial charge is 0.465 e. The first-order chi connectivity index (χ1) is 9.65. The maximum absolute atomic E-state index is 11.5. The lowest BCUT2D eigenvalue weighted by Crippen LogP contribution is -2.34. The van der Waals surface area contributed by atoms with E-state index in [0.717, 1.165) is 0 Å². The Bertz CT molecular complexity index is 461. The Balaban J connectivity index is 2.38. The van der Waals surface area contributed by atoms with E-state index < -0.39 is 12.0 Å². The number of urea groups is 1. The van der Waals surface area contributed by atoms with Crippen molar-refractivity contribution in [1.29, 1.82) is 0 Å². The van der Waals surface area contributed by atoms with Crippen molar-refractivity contribution in [3.05, 3.63) is 24.3 Å². The number of nitrogens with one attached hydrogen (secondary N) is 4. The molecule has 0 aromatic heterocycles. The Hall–Kier alpha value is -2.77. The van der Waals surface area contributed by atoms with Crippen LogP contribution in [-0.2, 0) is 14.3 Å². The number of hydrogen-bond donors (Lipinski definition) is 4. The number of rotatable bonds is 7. The number of carbonyl (C=O) groups is 3. The van der Waals surface area contributed by atoms with Gasteiger partial charge in [-0.25, -0.2) is 4.79 Å². The van der Waals surface area contributed by atoms with Gasteiger partial charge in [-0.3, -0.25) is 20.4 Å². The number of esters is 1. The highest BCUT2D eigenvalue weighted by Gasteiger charge is 2.05. The van der Waals surface area contributed by atoms with Crippen LogP contribution in [-0.4, -0.2) is 31.6 Å². The van der Waals surface area contributed by atoms with Crippen LogP contribution < -0.4 is 21.5 Å². The first kappa shape index (κ1) is 15.3. The Morgan fingerprint density at radius 2 is 1.85 bits per heavy atom. The zero-order valence-corrected chi connectivity index (χ0v) is 10.9. The van der Waals surface area contributed by atoms with Gasteiger partial charge in [0.1, 0.15) is 6.54 Å². The molecule has 0 aliphatic heterocycles. The van der Waals surface area contributed by atoms with Gasteiger partial charge < -0.3 is 15.4 Å². The molecule has 8 heteroatoms. The Kier molecular flexibility index (Phi) is 6.38. The highest BCUT2D eigenvalue weighted by molar-refractivity contribution is 5.91. The van der Waals surface area contributed by atoms with Gasteiger partial charge in [-0.1, -0.05) is 0 Å². The van der Waals surface area contributed by atoms with Crippen molar-refractivity contribution < 1.29 is 19.1 Å². The van der Waals surface area contributed by atoms with E-state index in [1.54, 1.807) is 31.2 Å². The topological polar surface area (TPSA) is 109 Å². The van der Waals surface area contributed by atoms with Crippen LogP contribution in [0.2, 0.25) is 0 Å². The molecule has 20 heavy (non-hydrogen) atoms. The van der Waals surface area contributed by atoms with Gasteiger partial charge in [-0.15, -0.1) is 0 Å². The molecule has 0 unspecified atom stereocenters. The van der Waals surface area contributed by atoms with Crippen LogP contribution in [0.4, 0.5) is 16.2 Å². The van der Waals surface area contributed by atoms with E-state index in [4.69, 9.17) is 0 Å². The van der Waals surface area contributed by atoms with Gasteiger partial charge in [0.25, 0.3) is 0 Å². The monoisotopic (exact) mass is 280 g/mol. The molecule has 4 N–H and O–H groups in total. The second kappa shape index (κ2) is 8.35. The lowest BCUT2D eigenvalue weighted by Gasteiger charge is -2.08. The van der Waals surface area contributed by atoms with E-state index >= 15 is 0 Å². The molecule has 0 atom stereocenters. The van der Waals surface area contributed by atoms with Crippen LogP contribution in [0.5, 0.6) is 0 Å². The van der Waals surface area contributed by atoms with Gasteiger partial charge in [0.05, 0.1) is 12.3 Å². The molecule has 0 bridgehead atoms. The van der Waals surface area contributed by atoms with Crippen LogP contribution in [0.3, 0.4) is 0 Å². The number of carbonyl (C=O) groups excluding carboxylic acids is 3. The Morgan fingerprint density at radius 3 is 2.45 bits per heavy atom. The molecule has 1 rings (SSSR count). The summed E-state index contributed by atoms with van der Waals surface area (Å²) in [5, 5.41) is 4.91. The quantitative estimate of drug-likeness (QED) is 0.329. The third-order valence-corrected chi connectivity index (χ3v) is 2.12. The van der Waals surface area contributed by atoms with Crippen LogP contribution in [0, 0.1) is 0 Å². The fourth-order valence-corrected chi connectivity index (χ4v) is 1.29. The molecular weight excluding hydrogens is 264 g/mol. The number of anilines is 2. The average Bonchev–Trinajstić information content (AvgIpc) is 2.45. The SMILES string of the molecule is CCOC(=O)CNC(=O)Nc1ccc(NNC=O)cc1. The minimum Gasteiger partial charge on any atom is -0.465 e. The number of hydrazine groups is 1. The minimum atomic E-state index is -0.509. The second-order valence-corrected chi connectivity index (χ2v) is 3.58. The van der Waals surface area contributed by atoms with E-state index in [0.29, 0.717) is 17.8 Å². The maximum Gasteiger partial charge on any atom is 0.325 e. The Labute approximate surface area is 115 Å². The van der Waals surface area contributed by atoms with Crippen molar-refractivity contribution in [1.82, 2.24) is 10.7 Å². The zero-order valence-electron chi connectivity index (χ0n) is 10.9. The van der Waals surface area contributed by atoms with Gasteiger partial charge in [0, 0.05) is 5.69 Å². The summed E-state index contributed by atoms with van der Waals surface area (Å²) in [4.78, 5) is 32.6. The predicted molar refractivity (Wildman–Crippen MR) is 72.9 cm³/mol. The van der Waals surface area contributed by atoms with Crippen molar-refractivity contribution in [2.75, 3.05) is 23.9 Å². The third-order valence-electron chi connectivity index (χ3n) is 2.12. The molecule has 1 aromatic rings. The maximum atomic E-state index is 11.5. The first-order valence-corrected chi connectivity index (χ1v) is 5.91. The molecule has 8 nitrogen and oxygen atoms in total. The summed E-state index contributed by atoms with van der Waals surface area (Å²) in [6, 6.07) is 6.09. The van der Waals surface area contributed by atoms with Gasteiger partial charge >= 0.3 is 12.0 Å². The van der Waals surface area contributed by atoms with Crippen LogP contribution in [0.25, 0.3) is 0 Å². The number of hydrogen-bond acceptors (Lipinski definition) is 5. The lowest BCUT2D eigenvalue weighted by molar-refractivity contribution is -0.141. The molecule has 0 heterocycles. The summed E-state index contributed by atoms with van der Waals surface area (Å²) in [5.74, 6) is -0.498. The van der Waals surface area contributed by atoms with Crippen LogP contribution in [0.15, 0.2) is 24.3 Å². The van der Waals surface area contributed by atoms with E-state index in [1.807, 2.05) is 0 Å². The smallest absolute Gasteiger partial charge is 0.325 e. The second-order valence-electron chi connectivity index (χ2n) is 3.58. The van der Waals surface area contributed by atoms with Gasteiger partial charge in [0.15, 0.2) is 0 Å². The number of benzene rings is 1. The number of amides is 3. The predicted octanol–water partition coefficient (Wildman–Crippen LogP) is 0.444. The molecule has 1 aromatic carbocycles. The normalized spacial score (nSPS) is 9.25. The summed E-state index contributed by atoms with van der Waals surface area (Å²) in [5.41, 5.74) is 6.12. The molecule has 3 amide bonds. The molecule has 0 fully saturated rings. The molecule has 0 aliphatic carbocycles. The van der Waals surface area contributed by atoms with E-state index in [-0.39, 0.29) is 13.2 Å². The van der Waals surface area contributed by atoms with Gasteiger partial charge in [0.2, 0.25) is 6.41 Å². The van der Waals surface area contributed by atoms with Crippen LogP contribution in [0.1, 0.15) is 6.92 Å². The van der Waals surface area contributed by atoms with E-state index in [9.17, 15) is 14.4 Å². The van der Waals surface area contributed by atoms with E-state index in [1.165, 1.54) is 0 Å². The molecule has 0 saturated heterocycles. The Morgan fingerprint density at radius 1 is 1.20 bits per heavy atom. The van der Waals surface area contributed by atoms with Crippen molar-refractivity contribution in [3.63, 3.8) is 0 Å². The standard InChI is InChI=1S/C12H16N4O4/c1-2-20-11(18)7-13-12(19)15-9-3-5-10(6-4-9)16-14-8-17/h3-6,8,16H,2,7H2,1H3,(H,14,17)(H2,13,15,19). The van der Waals surface area contributed by atoms with Gasteiger partial charge in [-0.05, 0) is 31.2 Å². The lowest BCUT2D eigenvalue weighted by atomic mass is 10.3. The van der Waals surface area contributed by atoms with E-state index in [2.05, 4.69) is 26.2 Å². The van der Waals surface area contributed by atoms with Crippen molar-refractivity contribution in [3.8, 4) is 0 Å². The fourth-order valence-electron chi connectivity index (χ4n) is 1.29. The molecule has 0 aliphatic rings. The fraction of sp³-hybridized carbons (Fsp3) is 0.250. The third kappa shape index (κ3) is 5.71. The molecule has 0 saturated carbocycles. The molecule has 108 valence electrons. The minimum absolute atomic E-state index is 0.192. The number of ether oxygens (including phenoxy) is 1. The van der Waals surface area contributed by atoms with Gasteiger partial charge in [-0.2, -0.15) is 0 Å². The zero-order chi connectivity index (χ0) is 14.8. The molecular formula is C12H16N4O4. The first-order valence-electron chi connectivity index (χ1n) is 5.91. The highest BCUT2D eigenvalue weighted by atomic mass is 16.5. The summed E-state index contributed by atoms with van der Waals surface area (Å²) >= 11 is 0. The van der Waals surface area contributed by atoms with Crippen molar-refractivity contribution in [2.45, 2.75) is 6.92 Å². The summed E-state index contributed by atoms with van der Waals surface area (Å²) < 4.78 is 4.67. The average molecular weight is 280 g/mol. The summed E-state index contributed by atoms with van der Waals surface area (Å²) in [7, 11) is 0. The van der Waals surface area contributed by atoms with Crippen molar-refractivity contribution in [2.24, 2.45) is 0 Å². The molecule has 0 spiro atoms. The van der Waals surface area contributed by atoms with Crippen LogP contribution >= 0.6 is 0 Å².